The fraction of sp³-hybridized carbons (Fsp3) is 0.545. The van der Waals surface area contributed by atoms with E-state index in [1.165, 1.54) is 17.2 Å². The first-order chi connectivity index (χ1) is 19.7. The fourth-order valence-corrected chi connectivity index (χ4v) is 7.32. The van der Waals surface area contributed by atoms with Crippen LogP contribution in [0.4, 0.5) is 16.2 Å². The largest absolute Gasteiger partial charge is 0.386 e. The summed E-state index contributed by atoms with van der Waals surface area (Å²) in [6.45, 7) is -4.22. The minimum atomic E-state index is -4.12. The fourth-order valence-electron chi connectivity index (χ4n) is 5.87. The Kier molecular flexibility index (Phi) is 6.51. The molecule has 7 rings (SSSR count). The van der Waals surface area contributed by atoms with Crippen molar-refractivity contribution in [3.63, 3.8) is 0 Å². The molecule has 3 saturated heterocycles. The van der Waals surface area contributed by atoms with Crippen molar-refractivity contribution in [2.24, 2.45) is 5.92 Å². The molecule has 0 spiro atoms. The number of alkyl halides is 1. The van der Waals surface area contributed by atoms with E-state index in [1.54, 1.807) is 10.7 Å². The van der Waals surface area contributed by atoms with Crippen LogP contribution in [0.5, 0.6) is 0 Å². The summed E-state index contributed by atoms with van der Waals surface area (Å²) in [6.07, 6.45) is 0.552. The van der Waals surface area contributed by atoms with E-state index in [-0.39, 0.29) is 41.6 Å². The summed E-state index contributed by atoms with van der Waals surface area (Å²) in [5.41, 5.74) is 12.3. The third-order valence-electron chi connectivity index (χ3n) is 7.78. The number of H-pyrrole nitrogens is 1. The summed E-state index contributed by atoms with van der Waals surface area (Å²) in [4.78, 5) is 31.1. The highest BCUT2D eigenvalue weighted by Gasteiger charge is 2.51. The molecule has 218 valence electrons. The van der Waals surface area contributed by atoms with Gasteiger partial charge in [0.2, 0.25) is 5.95 Å². The van der Waals surface area contributed by atoms with Gasteiger partial charge in [0.1, 0.15) is 18.5 Å². The Balaban J connectivity index is 1.15. The Hall–Kier alpha value is -3.15. The zero-order valence-electron chi connectivity index (χ0n) is 21.3. The third-order valence-corrected chi connectivity index (χ3v) is 9.39. The highest BCUT2D eigenvalue weighted by Crippen LogP contribution is 2.58. The molecular weight excluding hydrogens is 582 g/mol. The lowest BCUT2D eigenvalue weighted by Gasteiger charge is -2.26. The van der Waals surface area contributed by atoms with Gasteiger partial charge in [-0.05, 0) is 25.2 Å². The average Bonchev–Trinajstić information content (AvgIpc) is 3.69. The number of nitrogen functional groups attached to an aromatic ring is 2. The number of thiol groups is 1. The van der Waals surface area contributed by atoms with Crippen LogP contribution in [0.25, 0.3) is 16.8 Å². The molecule has 0 aliphatic carbocycles. The van der Waals surface area contributed by atoms with Gasteiger partial charge in [0.25, 0.3) is 5.56 Å². The minimum Gasteiger partial charge on any atom is -0.381 e. The van der Waals surface area contributed by atoms with Crippen molar-refractivity contribution in [2.75, 3.05) is 18.1 Å². The van der Waals surface area contributed by atoms with Crippen LogP contribution in [0, 0.1) is 5.92 Å². The van der Waals surface area contributed by atoms with E-state index in [0.29, 0.717) is 37.0 Å². The molecule has 4 aromatic heterocycles. The quantitative estimate of drug-likeness (QED) is 0.189. The second-order valence-corrected chi connectivity index (χ2v) is 13.1. The highest BCUT2D eigenvalue weighted by molar-refractivity contribution is 8.44. The number of halogens is 1. The summed E-state index contributed by atoms with van der Waals surface area (Å²) in [6, 6.07) is 0. The Morgan fingerprint density at radius 2 is 2.00 bits per heavy atom. The number of hydrogen-bond donors (Lipinski definition) is 4. The number of rotatable bonds is 2. The van der Waals surface area contributed by atoms with E-state index < -0.39 is 43.1 Å². The van der Waals surface area contributed by atoms with Gasteiger partial charge in [-0.3, -0.25) is 23.4 Å². The van der Waals surface area contributed by atoms with Gasteiger partial charge in [-0.1, -0.05) is 18.7 Å². The maximum absolute atomic E-state index is 15.8. The van der Waals surface area contributed by atoms with Crippen LogP contribution in [0.2, 0.25) is 0 Å². The van der Waals surface area contributed by atoms with Gasteiger partial charge in [0.15, 0.2) is 35.0 Å². The molecular formula is C22H26FN10O6PS. The van der Waals surface area contributed by atoms with Crippen LogP contribution in [-0.4, -0.2) is 70.2 Å². The number of aromatic amines is 1. The van der Waals surface area contributed by atoms with E-state index in [0.717, 1.165) is 0 Å². The lowest BCUT2D eigenvalue weighted by atomic mass is 9.92. The molecule has 0 amide bonds. The number of imidazole rings is 2. The van der Waals surface area contributed by atoms with Gasteiger partial charge in [0, 0.05) is 0 Å². The zero-order chi connectivity index (χ0) is 28.5. The van der Waals surface area contributed by atoms with Crippen LogP contribution in [0.3, 0.4) is 0 Å². The summed E-state index contributed by atoms with van der Waals surface area (Å²) in [7, 11) is 0. The number of anilines is 2. The van der Waals surface area contributed by atoms with Crippen LogP contribution < -0.4 is 17.0 Å². The van der Waals surface area contributed by atoms with E-state index in [9.17, 15) is 9.36 Å². The summed E-state index contributed by atoms with van der Waals surface area (Å²) in [5.74, 6) is 0.0861. The van der Waals surface area contributed by atoms with Crippen LogP contribution in [-0.2, 0) is 23.1 Å². The van der Waals surface area contributed by atoms with Crippen molar-refractivity contribution in [2.45, 2.75) is 62.5 Å². The molecule has 0 radical (unpaired) electrons. The zero-order valence-corrected chi connectivity index (χ0v) is 23.1. The first-order valence-electron chi connectivity index (χ1n) is 13.0. The molecule has 3 aliphatic heterocycles. The molecule has 19 heteroatoms. The van der Waals surface area contributed by atoms with E-state index in [2.05, 4.69) is 42.3 Å². The molecule has 1 unspecified atom stereocenters. The normalized spacial score (nSPS) is 34.4. The van der Waals surface area contributed by atoms with Gasteiger partial charge in [-0.25, -0.2) is 28.4 Å². The molecule has 16 nitrogen and oxygen atoms in total. The number of nitrogens with two attached hydrogens (primary N) is 2. The lowest BCUT2D eigenvalue weighted by Crippen LogP contribution is -2.31. The Morgan fingerprint density at radius 3 is 2.85 bits per heavy atom. The predicted molar refractivity (Wildman–Crippen MR) is 144 cm³/mol. The minimum absolute atomic E-state index is 0.0109. The smallest absolute Gasteiger partial charge is 0.381 e. The lowest BCUT2D eigenvalue weighted by molar-refractivity contribution is -0.0339. The van der Waals surface area contributed by atoms with Gasteiger partial charge in [-0.15, -0.1) is 0 Å². The number of fused-ring (bicyclic) bond motifs is 5. The molecule has 3 fully saturated rings. The molecule has 7 heterocycles. The van der Waals surface area contributed by atoms with E-state index >= 15 is 4.39 Å². The Labute approximate surface area is 235 Å². The van der Waals surface area contributed by atoms with Crippen LogP contribution >= 0.6 is 19.0 Å². The molecule has 5 N–H and O–H groups in total. The third kappa shape index (κ3) is 4.67. The van der Waals surface area contributed by atoms with Gasteiger partial charge in [-0.2, -0.15) is 10.1 Å². The Bertz CT molecular complexity index is 1730. The second kappa shape index (κ2) is 9.99. The van der Waals surface area contributed by atoms with Gasteiger partial charge < -0.3 is 20.9 Å². The highest BCUT2D eigenvalue weighted by atomic mass is 32.7. The van der Waals surface area contributed by atoms with Crippen molar-refractivity contribution in [3.8, 4) is 0 Å². The van der Waals surface area contributed by atoms with E-state index in [4.69, 9.17) is 30.0 Å². The Morgan fingerprint density at radius 1 is 1.15 bits per heavy atom. The number of nitrogens with one attached hydrogen (secondary N) is 1. The molecule has 2 bridgehead atoms. The van der Waals surface area contributed by atoms with Gasteiger partial charge >= 0.3 is 6.80 Å². The number of hydrogen-bond acceptors (Lipinski definition) is 13. The first kappa shape index (κ1) is 26.7. The SMILES string of the molecule is Nc1nc2c(ncn2[C@@H]2O[C@@H]3CCC[C@H]4C[C@H](c5cnc6c(N)ncnn56)O[C@@H]4COP(=O)(S)O[C@@H]2[C@@H]3F)c(=O)[nH]1. The number of aromatic nitrogens is 8. The van der Waals surface area contributed by atoms with Crippen molar-refractivity contribution >= 4 is 47.6 Å². The standard InChI is InChI=1S/C22H26FN10O6PS/c23-14-11-3-1-2-9-4-12(10-5-26-19-17(24)27-7-29-33(10)19)37-13(9)6-36-40(35,41)39-16(14)21(38-11)32-8-28-15-18(32)30-22(25)31-20(15)34/h5,7-9,11-14,16,21H,1-4,6H2,(H,35,41)(H2,24,27,29)(H3,25,30,31,34)/t9-,11+,12+,13+,14+,16+,21+,40?/m0/s1. The molecule has 8 atom stereocenters. The molecule has 3 aliphatic rings. The van der Waals surface area contributed by atoms with Gasteiger partial charge in [0.05, 0.1) is 37.0 Å². The molecule has 41 heavy (non-hydrogen) atoms. The van der Waals surface area contributed by atoms with Crippen molar-refractivity contribution in [1.29, 1.82) is 0 Å². The van der Waals surface area contributed by atoms with Crippen molar-refractivity contribution in [3.05, 3.63) is 34.9 Å². The first-order valence-corrected chi connectivity index (χ1v) is 15.7. The average molecular weight is 609 g/mol. The van der Waals surface area contributed by atoms with Crippen LogP contribution in [0.1, 0.15) is 43.7 Å². The number of ether oxygens (including phenoxy) is 2. The monoisotopic (exact) mass is 608 g/mol. The maximum atomic E-state index is 15.8. The van der Waals surface area contributed by atoms with Crippen molar-refractivity contribution in [1.82, 2.24) is 39.1 Å². The van der Waals surface area contributed by atoms with Crippen molar-refractivity contribution < 1.29 is 27.5 Å². The van der Waals surface area contributed by atoms with Crippen LogP contribution in [0.15, 0.2) is 23.6 Å². The summed E-state index contributed by atoms with van der Waals surface area (Å²) < 4.78 is 55.8. The number of nitrogens with zero attached hydrogens (tertiary/aromatic N) is 7. The molecule has 4 aromatic rings. The summed E-state index contributed by atoms with van der Waals surface area (Å²) >= 11 is 4.14. The maximum Gasteiger partial charge on any atom is 0.386 e. The second-order valence-electron chi connectivity index (χ2n) is 10.3. The predicted octanol–water partition coefficient (Wildman–Crippen LogP) is 1.73. The van der Waals surface area contributed by atoms with E-state index in [1.807, 2.05) is 0 Å². The topological polar surface area (TPSA) is 213 Å². The summed E-state index contributed by atoms with van der Waals surface area (Å²) in [5, 5.41) is 4.25. The molecule has 0 aromatic carbocycles. The molecule has 0 saturated carbocycles.